The summed E-state index contributed by atoms with van der Waals surface area (Å²) in [5.41, 5.74) is 0.0621. The smallest absolute Gasteiger partial charge is 0.251 e. The van der Waals surface area contributed by atoms with E-state index >= 15 is 0 Å². The molecule has 150 valence electrons. The normalized spacial score (nSPS) is 15.1. The lowest BCUT2D eigenvalue weighted by Gasteiger charge is -2.21. The average molecular weight is 497 g/mol. The van der Waals surface area contributed by atoms with Gasteiger partial charge in [0, 0.05) is 16.5 Å². The van der Waals surface area contributed by atoms with Crippen LogP contribution in [0.5, 0.6) is 5.75 Å². The molecular weight excluding hydrogens is 481 g/mol. The molecule has 2 aromatic carbocycles. The van der Waals surface area contributed by atoms with Gasteiger partial charge in [-0.05, 0) is 54.8 Å². The number of nitrogens with one attached hydrogen (secondary N) is 2. The van der Waals surface area contributed by atoms with Crippen LogP contribution in [0.2, 0.25) is 10.0 Å². The van der Waals surface area contributed by atoms with Crippen LogP contribution >= 0.6 is 39.1 Å². The standard InChI is InChI=1S/C20H16BrCl2N3O3/c21-13-3-1-12(2-4-13)18(28)25-16(19(29)26-20(10-24)5-6-20)9-11-7-14(22)17(27)15(23)8-11/h1-4,7-8,16,27H,5-6,9H2,(H,25,28)(H,26,29). The number of nitrogens with zero attached hydrogens (tertiary/aromatic N) is 1. The van der Waals surface area contributed by atoms with Gasteiger partial charge >= 0.3 is 0 Å². The van der Waals surface area contributed by atoms with Gasteiger partial charge < -0.3 is 15.7 Å². The number of halogens is 3. The van der Waals surface area contributed by atoms with Gasteiger partial charge in [0.05, 0.1) is 16.1 Å². The summed E-state index contributed by atoms with van der Waals surface area (Å²) in [6.45, 7) is 0. The Bertz CT molecular complexity index is 978. The Morgan fingerprint density at radius 2 is 1.79 bits per heavy atom. The molecule has 1 aliphatic rings. The number of nitriles is 1. The number of hydrogen-bond acceptors (Lipinski definition) is 4. The Morgan fingerprint density at radius 1 is 1.21 bits per heavy atom. The maximum atomic E-state index is 12.8. The number of carbonyl (C=O) groups excluding carboxylic acids is 2. The molecule has 6 nitrogen and oxygen atoms in total. The van der Waals surface area contributed by atoms with E-state index < -0.39 is 23.4 Å². The van der Waals surface area contributed by atoms with E-state index in [1.165, 1.54) is 12.1 Å². The monoisotopic (exact) mass is 495 g/mol. The van der Waals surface area contributed by atoms with Crippen molar-refractivity contribution >= 4 is 50.9 Å². The lowest BCUT2D eigenvalue weighted by Crippen LogP contribution is -2.51. The molecule has 2 aromatic rings. The maximum absolute atomic E-state index is 12.8. The largest absolute Gasteiger partial charge is 0.505 e. The summed E-state index contributed by atoms with van der Waals surface area (Å²) in [6, 6.07) is 10.8. The van der Waals surface area contributed by atoms with Crippen LogP contribution in [-0.4, -0.2) is 28.5 Å². The molecule has 29 heavy (non-hydrogen) atoms. The fourth-order valence-electron chi connectivity index (χ4n) is 2.74. The van der Waals surface area contributed by atoms with Crippen molar-refractivity contribution in [2.45, 2.75) is 30.8 Å². The Morgan fingerprint density at radius 3 is 2.31 bits per heavy atom. The molecule has 3 rings (SSSR count). The van der Waals surface area contributed by atoms with Gasteiger partial charge in [0.2, 0.25) is 5.91 Å². The lowest BCUT2D eigenvalue weighted by atomic mass is 10.0. The summed E-state index contributed by atoms with van der Waals surface area (Å²) in [4.78, 5) is 25.5. The van der Waals surface area contributed by atoms with Crippen molar-refractivity contribution in [2.24, 2.45) is 0 Å². The van der Waals surface area contributed by atoms with Gasteiger partial charge in [-0.1, -0.05) is 39.1 Å². The van der Waals surface area contributed by atoms with Crippen molar-refractivity contribution in [3.8, 4) is 11.8 Å². The van der Waals surface area contributed by atoms with Gasteiger partial charge in [-0.15, -0.1) is 0 Å². The summed E-state index contributed by atoms with van der Waals surface area (Å²) < 4.78 is 0.821. The van der Waals surface area contributed by atoms with Crippen LogP contribution in [0.1, 0.15) is 28.8 Å². The van der Waals surface area contributed by atoms with Crippen molar-refractivity contribution in [1.29, 1.82) is 5.26 Å². The highest BCUT2D eigenvalue weighted by molar-refractivity contribution is 9.10. The average Bonchev–Trinajstić information content (AvgIpc) is 3.46. The zero-order valence-electron chi connectivity index (χ0n) is 15.0. The number of phenolic OH excluding ortho intramolecular Hbond substituents is 1. The van der Waals surface area contributed by atoms with Crippen LogP contribution in [0, 0.1) is 11.3 Å². The van der Waals surface area contributed by atoms with Crippen molar-refractivity contribution < 1.29 is 14.7 Å². The number of benzene rings is 2. The molecule has 3 N–H and O–H groups in total. The van der Waals surface area contributed by atoms with Crippen LogP contribution in [0.15, 0.2) is 40.9 Å². The summed E-state index contributed by atoms with van der Waals surface area (Å²) >= 11 is 15.2. The first kappa shape index (κ1) is 21.4. The second-order valence-electron chi connectivity index (χ2n) is 6.83. The van der Waals surface area contributed by atoms with E-state index in [4.69, 9.17) is 23.2 Å². The van der Waals surface area contributed by atoms with Crippen molar-refractivity contribution in [2.75, 3.05) is 0 Å². The molecule has 0 bridgehead atoms. The fraction of sp³-hybridized carbons (Fsp3) is 0.250. The Kier molecular flexibility index (Phi) is 6.37. The minimum atomic E-state index is -0.964. The summed E-state index contributed by atoms with van der Waals surface area (Å²) in [7, 11) is 0. The van der Waals surface area contributed by atoms with E-state index in [9.17, 15) is 20.0 Å². The first-order chi connectivity index (χ1) is 13.7. The number of aromatic hydroxyl groups is 1. The van der Waals surface area contributed by atoms with E-state index in [-0.39, 0.29) is 22.2 Å². The number of amides is 2. The molecule has 0 spiro atoms. The molecular formula is C20H16BrCl2N3O3. The molecule has 0 saturated heterocycles. The summed E-state index contributed by atoms with van der Waals surface area (Å²) in [6.07, 6.45) is 1.22. The third kappa shape index (κ3) is 5.21. The Hall–Kier alpha value is -2.27. The lowest BCUT2D eigenvalue weighted by molar-refractivity contribution is -0.123. The Labute approximate surface area is 185 Å². The van der Waals surface area contributed by atoms with Crippen molar-refractivity contribution in [3.05, 3.63) is 62.0 Å². The number of hydrogen-bond donors (Lipinski definition) is 3. The third-order valence-corrected chi connectivity index (χ3v) is 5.68. The predicted octanol–water partition coefficient (Wildman–Crippen LogP) is 3.97. The highest BCUT2D eigenvalue weighted by Crippen LogP contribution is 2.35. The van der Waals surface area contributed by atoms with Crippen LogP contribution in [0.25, 0.3) is 0 Å². The highest BCUT2D eigenvalue weighted by atomic mass is 79.9. The molecule has 0 aromatic heterocycles. The van der Waals surface area contributed by atoms with Gasteiger partial charge in [-0.25, -0.2) is 0 Å². The highest BCUT2D eigenvalue weighted by Gasteiger charge is 2.45. The van der Waals surface area contributed by atoms with Crippen LogP contribution in [-0.2, 0) is 11.2 Å². The Balaban J connectivity index is 1.83. The van der Waals surface area contributed by atoms with Crippen LogP contribution in [0.3, 0.4) is 0 Å². The topological polar surface area (TPSA) is 102 Å². The van der Waals surface area contributed by atoms with Gasteiger partial charge in [-0.3, -0.25) is 9.59 Å². The SMILES string of the molecule is N#CC1(NC(=O)C(Cc2cc(Cl)c(O)c(Cl)c2)NC(=O)c2ccc(Br)cc2)CC1. The molecule has 2 amide bonds. The second kappa shape index (κ2) is 8.62. The van der Waals surface area contributed by atoms with E-state index in [1.54, 1.807) is 24.3 Å². The number of rotatable bonds is 6. The van der Waals surface area contributed by atoms with E-state index in [0.29, 0.717) is 24.0 Å². The molecule has 9 heteroatoms. The first-order valence-electron chi connectivity index (χ1n) is 8.69. The fourth-order valence-corrected chi connectivity index (χ4v) is 3.53. The second-order valence-corrected chi connectivity index (χ2v) is 8.56. The van der Waals surface area contributed by atoms with Gasteiger partial charge in [-0.2, -0.15) is 5.26 Å². The van der Waals surface area contributed by atoms with Gasteiger partial charge in [0.15, 0.2) is 5.75 Å². The quantitative estimate of drug-likeness (QED) is 0.562. The van der Waals surface area contributed by atoms with E-state index in [1.807, 2.05) is 0 Å². The zero-order valence-corrected chi connectivity index (χ0v) is 18.1. The molecule has 1 saturated carbocycles. The van der Waals surface area contributed by atoms with Crippen molar-refractivity contribution in [3.63, 3.8) is 0 Å². The molecule has 0 radical (unpaired) electrons. The molecule has 0 aliphatic heterocycles. The molecule has 1 fully saturated rings. The predicted molar refractivity (Wildman–Crippen MR) is 113 cm³/mol. The summed E-state index contributed by atoms with van der Waals surface area (Å²) in [5, 5.41) is 24.5. The number of phenols is 1. The maximum Gasteiger partial charge on any atom is 0.251 e. The summed E-state index contributed by atoms with van der Waals surface area (Å²) in [5.74, 6) is -1.16. The zero-order chi connectivity index (χ0) is 21.2. The van der Waals surface area contributed by atoms with Crippen molar-refractivity contribution in [1.82, 2.24) is 10.6 Å². The third-order valence-electron chi connectivity index (χ3n) is 4.57. The molecule has 1 aliphatic carbocycles. The van der Waals surface area contributed by atoms with E-state index in [2.05, 4.69) is 32.6 Å². The van der Waals surface area contributed by atoms with Gasteiger partial charge in [0.1, 0.15) is 11.6 Å². The molecule has 1 unspecified atom stereocenters. The van der Waals surface area contributed by atoms with Crippen LogP contribution in [0.4, 0.5) is 0 Å². The van der Waals surface area contributed by atoms with Gasteiger partial charge in [0.25, 0.3) is 5.91 Å². The molecule has 1 atom stereocenters. The van der Waals surface area contributed by atoms with Crippen LogP contribution < -0.4 is 10.6 Å². The minimum absolute atomic E-state index is 0.0431. The van der Waals surface area contributed by atoms with E-state index in [0.717, 1.165) is 4.47 Å². The molecule has 0 heterocycles. The first-order valence-corrected chi connectivity index (χ1v) is 10.2. The minimum Gasteiger partial charge on any atom is -0.505 e. The number of carbonyl (C=O) groups is 2.